The molecule has 1 radical (unpaired) electrons. The number of hydrogen-bond acceptors (Lipinski definition) is 6. The van der Waals surface area contributed by atoms with Gasteiger partial charge in [0.2, 0.25) is 0 Å². The minimum absolute atomic E-state index is 0.935. The highest BCUT2D eigenvalue weighted by Crippen LogP contribution is 2.31. The first-order chi connectivity index (χ1) is 18.3. The van der Waals surface area contributed by atoms with Crippen LogP contribution in [0.4, 0.5) is 5.82 Å². The van der Waals surface area contributed by atoms with E-state index < -0.39 is 0 Å². The number of rotatable bonds is 5. The lowest BCUT2D eigenvalue weighted by atomic mass is 9.62. The number of anilines is 1. The highest BCUT2D eigenvalue weighted by Gasteiger charge is 2.18. The van der Waals surface area contributed by atoms with Crippen LogP contribution < -0.4 is 21.1 Å². The molecule has 4 heterocycles. The van der Waals surface area contributed by atoms with Crippen LogP contribution in [0, 0.1) is 0 Å². The molecular formula is C28H24BN8. The van der Waals surface area contributed by atoms with E-state index in [9.17, 15) is 0 Å². The Morgan fingerprint density at radius 1 is 0.865 bits per heavy atom. The van der Waals surface area contributed by atoms with Crippen molar-refractivity contribution in [1.82, 2.24) is 35.3 Å². The largest absolute Gasteiger partial charge is 0.353 e. The number of aromatic nitrogens is 6. The van der Waals surface area contributed by atoms with Crippen LogP contribution in [-0.4, -0.2) is 63.4 Å². The number of para-hydroxylation sites is 1. The van der Waals surface area contributed by atoms with Crippen LogP contribution in [0.5, 0.6) is 0 Å². The molecule has 0 amide bonds. The molecule has 1 saturated heterocycles. The van der Waals surface area contributed by atoms with Crippen molar-refractivity contribution in [2.45, 2.75) is 0 Å². The molecule has 1 fully saturated rings. The molecule has 3 aromatic carbocycles. The van der Waals surface area contributed by atoms with Gasteiger partial charge in [-0.3, -0.25) is 5.10 Å². The summed E-state index contributed by atoms with van der Waals surface area (Å²) in [4.78, 5) is 11.6. The molecule has 9 heteroatoms. The number of aromatic amines is 1. The minimum atomic E-state index is 0.935. The van der Waals surface area contributed by atoms with Crippen LogP contribution >= 0.6 is 0 Å². The first-order valence-electron chi connectivity index (χ1n) is 12.5. The summed E-state index contributed by atoms with van der Waals surface area (Å²) in [6.07, 6.45) is 7.51. The van der Waals surface area contributed by atoms with Crippen molar-refractivity contribution in [3.8, 4) is 16.8 Å². The fourth-order valence-corrected chi connectivity index (χ4v) is 5.12. The molecule has 0 atom stereocenters. The Morgan fingerprint density at radius 3 is 2.65 bits per heavy atom. The number of hydrogen-bond donors (Lipinski definition) is 2. The predicted octanol–water partition coefficient (Wildman–Crippen LogP) is 2.42. The van der Waals surface area contributed by atoms with E-state index in [0.717, 1.165) is 81.5 Å². The lowest BCUT2D eigenvalue weighted by molar-refractivity contribution is 0.586. The zero-order chi connectivity index (χ0) is 24.6. The van der Waals surface area contributed by atoms with Crippen LogP contribution in [0.25, 0.3) is 38.6 Å². The topological polar surface area (TPSA) is 87.5 Å². The monoisotopic (exact) mass is 483 g/mol. The van der Waals surface area contributed by atoms with E-state index in [1.54, 1.807) is 6.33 Å². The molecule has 37 heavy (non-hydrogen) atoms. The third kappa shape index (κ3) is 4.03. The maximum atomic E-state index is 4.64. The predicted molar refractivity (Wildman–Crippen MR) is 148 cm³/mol. The maximum Gasteiger partial charge on any atom is 0.196 e. The van der Waals surface area contributed by atoms with Crippen LogP contribution in [-0.2, 0) is 0 Å². The van der Waals surface area contributed by atoms with E-state index in [4.69, 9.17) is 0 Å². The first kappa shape index (κ1) is 21.8. The number of nitrogens with one attached hydrogen (secondary N) is 2. The lowest BCUT2D eigenvalue weighted by Crippen LogP contribution is -2.44. The van der Waals surface area contributed by atoms with Crippen molar-refractivity contribution < 1.29 is 0 Å². The molecule has 2 N–H and O–H groups in total. The maximum absolute atomic E-state index is 4.64. The number of benzene rings is 3. The van der Waals surface area contributed by atoms with Crippen molar-refractivity contribution >= 4 is 45.8 Å². The Labute approximate surface area is 214 Å². The quantitative estimate of drug-likeness (QED) is 0.367. The molecule has 0 spiro atoms. The molecule has 0 bridgehead atoms. The van der Waals surface area contributed by atoms with Gasteiger partial charge in [-0.05, 0) is 46.9 Å². The molecule has 3 aromatic heterocycles. The van der Waals surface area contributed by atoms with Crippen molar-refractivity contribution in [2.75, 3.05) is 31.1 Å². The second kappa shape index (κ2) is 9.18. The van der Waals surface area contributed by atoms with Crippen LogP contribution in [0.15, 0.2) is 85.6 Å². The number of nitrogens with zero attached hydrogens (tertiary/aromatic N) is 6. The second-order valence-corrected chi connectivity index (χ2v) is 9.23. The smallest absolute Gasteiger partial charge is 0.196 e. The Hall–Kier alpha value is -4.50. The van der Waals surface area contributed by atoms with Gasteiger partial charge in [0, 0.05) is 49.3 Å². The zero-order valence-electron chi connectivity index (χ0n) is 20.2. The van der Waals surface area contributed by atoms with Crippen LogP contribution in [0.1, 0.15) is 0 Å². The highest BCUT2D eigenvalue weighted by molar-refractivity contribution is 6.69. The average molecular weight is 483 g/mol. The second-order valence-electron chi connectivity index (χ2n) is 9.23. The van der Waals surface area contributed by atoms with Crippen LogP contribution in [0.3, 0.4) is 0 Å². The molecule has 0 unspecified atom stereocenters. The van der Waals surface area contributed by atoms with Gasteiger partial charge < -0.3 is 10.2 Å². The van der Waals surface area contributed by atoms with E-state index in [1.165, 1.54) is 0 Å². The van der Waals surface area contributed by atoms with Gasteiger partial charge in [-0.1, -0.05) is 35.8 Å². The number of fused-ring (bicyclic) bond motifs is 2. The van der Waals surface area contributed by atoms with Crippen molar-refractivity contribution in [1.29, 1.82) is 0 Å². The molecule has 8 nitrogen and oxygen atoms in total. The van der Waals surface area contributed by atoms with E-state index in [-0.39, 0.29) is 0 Å². The van der Waals surface area contributed by atoms with Gasteiger partial charge in [0.25, 0.3) is 0 Å². The molecule has 1 aliphatic heterocycles. The van der Waals surface area contributed by atoms with Gasteiger partial charge in [0.15, 0.2) is 7.28 Å². The van der Waals surface area contributed by atoms with Gasteiger partial charge in [-0.15, -0.1) is 0 Å². The van der Waals surface area contributed by atoms with Gasteiger partial charge in [0.1, 0.15) is 12.1 Å². The summed E-state index contributed by atoms with van der Waals surface area (Å²) >= 11 is 0. The fraction of sp³-hybridized carbons (Fsp3) is 0.143. The zero-order valence-corrected chi connectivity index (χ0v) is 20.2. The SMILES string of the molecule is [B](c1cnn(-c2ccccc2)c1)c1ccc2[nH]ncc2c1-c1ccc2c(N3CCNCC3)ncnc2c1. The summed E-state index contributed by atoms with van der Waals surface area (Å²) in [7, 11) is 2.17. The average Bonchev–Trinajstić information content (AvgIpc) is 3.63. The van der Waals surface area contributed by atoms with Gasteiger partial charge in [-0.25, -0.2) is 14.6 Å². The summed E-state index contributed by atoms with van der Waals surface area (Å²) in [5.74, 6) is 1.000. The highest BCUT2D eigenvalue weighted by atomic mass is 15.3. The molecule has 0 saturated carbocycles. The van der Waals surface area contributed by atoms with E-state index in [1.807, 2.05) is 53.6 Å². The van der Waals surface area contributed by atoms with Gasteiger partial charge in [0.05, 0.1) is 22.9 Å². The van der Waals surface area contributed by atoms with Crippen molar-refractivity contribution in [3.63, 3.8) is 0 Å². The molecular weight excluding hydrogens is 459 g/mol. The minimum Gasteiger partial charge on any atom is -0.353 e. The number of piperazine rings is 1. The molecule has 7 rings (SSSR count). The van der Waals surface area contributed by atoms with Crippen molar-refractivity contribution in [3.05, 3.63) is 85.6 Å². The summed E-state index contributed by atoms with van der Waals surface area (Å²) in [5, 5.41) is 17.6. The van der Waals surface area contributed by atoms with Gasteiger partial charge in [-0.2, -0.15) is 10.2 Å². The van der Waals surface area contributed by atoms with Crippen LogP contribution in [0.2, 0.25) is 0 Å². The number of H-pyrrole nitrogens is 1. The Balaban J connectivity index is 1.30. The summed E-state index contributed by atoms with van der Waals surface area (Å²) in [6, 6.07) is 20.8. The third-order valence-electron chi connectivity index (χ3n) is 6.92. The molecule has 179 valence electrons. The fourth-order valence-electron chi connectivity index (χ4n) is 5.12. The lowest BCUT2D eigenvalue weighted by Gasteiger charge is -2.29. The molecule has 1 aliphatic rings. The summed E-state index contributed by atoms with van der Waals surface area (Å²) in [5.41, 5.74) is 7.28. The standard InChI is InChI=1S/C28H24BN8/c1-2-4-21(5-3-1)37-17-20(15-34-37)29-24-8-9-25-23(16-33-35-25)27(24)19-6-7-22-26(14-19)31-18-32-28(22)36-12-10-30-11-13-36/h1-9,14-18,30H,10-13H2,(H,33,35). The third-order valence-corrected chi connectivity index (χ3v) is 6.92. The Bertz CT molecular complexity index is 1700. The van der Waals surface area contributed by atoms with Gasteiger partial charge >= 0.3 is 0 Å². The normalized spacial score (nSPS) is 13.9. The summed E-state index contributed by atoms with van der Waals surface area (Å²) < 4.78 is 1.90. The first-order valence-corrected chi connectivity index (χ1v) is 12.5. The van der Waals surface area contributed by atoms with E-state index >= 15 is 0 Å². The molecule has 6 aromatic rings. The Morgan fingerprint density at radius 2 is 1.76 bits per heavy atom. The Kier molecular flexibility index (Phi) is 5.40. The van der Waals surface area contributed by atoms with E-state index in [2.05, 4.69) is 73.1 Å². The summed E-state index contributed by atoms with van der Waals surface area (Å²) in [6.45, 7) is 3.81. The van der Waals surface area contributed by atoms with Crippen molar-refractivity contribution in [2.24, 2.45) is 0 Å². The molecule has 0 aliphatic carbocycles. The van der Waals surface area contributed by atoms with E-state index in [0.29, 0.717) is 0 Å².